The lowest BCUT2D eigenvalue weighted by atomic mass is 10.3. The van der Waals surface area contributed by atoms with Crippen molar-refractivity contribution in [3.8, 4) is 5.75 Å². The molecule has 1 aromatic carbocycles. The molecule has 2 rings (SSSR count). The Balaban J connectivity index is 2.24. The normalized spacial score (nSPS) is 9.88. The van der Waals surface area contributed by atoms with Gasteiger partial charge in [-0.2, -0.15) is 5.06 Å². The van der Waals surface area contributed by atoms with Crippen molar-refractivity contribution in [2.45, 2.75) is 0 Å². The molecule has 0 atom stereocenters. The molecule has 0 fully saturated rings. The highest BCUT2D eigenvalue weighted by atomic mass is 16.5. The van der Waals surface area contributed by atoms with Crippen LogP contribution in [0.25, 0.3) is 0 Å². The highest BCUT2D eigenvalue weighted by Gasteiger charge is 2.06. The number of aromatic nitrogens is 1. The summed E-state index contributed by atoms with van der Waals surface area (Å²) < 4.78 is 5.02. The predicted octanol–water partition coefficient (Wildman–Crippen LogP) is 2.57. The van der Waals surface area contributed by atoms with Crippen molar-refractivity contribution in [2.75, 3.05) is 12.2 Å². The van der Waals surface area contributed by atoms with Crippen molar-refractivity contribution in [3.63, 3.8) is 0 Å². The molecule has 81 valence electrons. The molecule has 0 N–H and O–H groups in total. The van der Waals surface area contributed by atoms with Crippen LogP contribution in [0.4, 0.5) is 11.4 Å². The minimum absolute atomic E-state index is 0.556. The number of hydrogen-bond acceptors (Lipinski definition) is 3. The Labute approximate surface area is 93.7 Å². The van der Waals surface area contributed by atoms with Gasteiger partial charge in [-0.1, -0.05) is 5.21 Å². The Hall–Kier alpha value is -2.07. The maximum absolute atomic E-state index is 11.9. The number of nitrogens with zero attached hydrogens (tertiary/aromatic N) is 2. The number of hydrogen-bond donors (Lipinski definition) is 0. The minimum Gasteiger partial charge on any atom is -0.497 e. The highest BCUT2D eigenvalue weighted by Crippen LogP contribution is 2.24. The van der Waals surface area contributed by atoms with Gasteiger partial charge in [-0.05, 0) is 36.4 Å². The van der Waals surface area contributed by atoms with Crippen LogP contribution in [0.1, 0.15) is 0 Å². The SMILES string of the molecule is COc1ccc(N([O])c2ccncc2)cc1. The second-order valence-corrected chi connectivity index (χ2v) is 3.20. The number of ether oxygens (including phenoxy) is 1. The minimum atomic E-state index is 0.556. The third-order valence-corrected chi connectivity index (χ3v) is 2.20. The van der Waals surface area contributed by atoms with Crippen LogP contribution in [0.5, 0.6) is 5.75 Å². The van der Waals surface area contributed by atoms with Gasteiger partial charge in [-0.15, -0.1) is 0 Å². The van der Waals surface area contributed by atoms with Crippen molar-refractivity contribution in [3.05, 3.63) is 48.8 Å². The molecule has 16 heavy (non-hydrogen) atoms. The molecule has 0 aliphatic rings. The van der Waals surface area contributed by atoms with Gasteiger partial charge < -0.3 is 4.74 Å². The summed E-state index contributed by atoms with van der Waals surface area (Å²) in [5, 5.41) is 12.7. The van der Waals surface area contributed by atoms with Crippen LogP contribution in [-0.2, 0) is 5.21 Å². The van der Waals surface area contributed by atoms with E-state index in [1.807, 2.05) is 0 Å². The molecule has 4 nitrogen and oxygen atoms in total. The van der Waals surface area contributed by atoms with Crippen molar-refractivity contribution >= 4 is 11.4 Å². The van der Waals surface area contributed by atoms with Crippen LogP contribution in [0, 0.1) is 0 Å². The molecule has 4 heteroatoms. The zero-order valence-electron chi connectivity index (χ0n) is 8.83. The predicted molar refractivity (Wildman–Crippen MR) is 60.1 cm³/mol. The second kappa shape index (κ2) is 4.63. The Morgan fingerprint density at radius 3 is 2.12 bits per heavy atom. The fourth-order valence-corrected chi connectivity index (χ4v) is 1.35. The Morgan fingerprint density at radius 2 is 1.56 bits per heavy atom. The average molecular weight is 215 g/mol. The molecule has 0 saturated carbocycles. The fraction of sp³-hybridized carbons (Fsp3) is 0.0833. The zero-order valence-corrected chi connectivity index (χ0v) is 8.83. The van der Waals surface area contributed by atoms with E-state index in [-0.39, 0.29) is 0 Å². The molecule has 0 amide bonds. The first kappa shape index (κ1) is 10.4. The molecule has 0 spiro atoms. The number of methoxy groups -OCH3 is 1. The van der Waals surface area contributed by atoms with Gasteiger partial charge in [0.05, 0.1) is 18.5 Å². The average Bonchev–Trinajstić information content (AvgIpc) is 2.39. The molecule has 1 heterocycles. The first-order valence-corrected chi connectivity index (χ1v) is 4.82. The Kier molecular flexibility index (Phi) is 3.03. The molecule has 0 aliphatic carbocycles. The lowest BCUT2D eigenvalue weighted by Gasteiger charge is -2.13. The molecule has 0 unspecified atom stereocenters. The number of rotatable bonds is 3. The van der Waals surface area contributed by atoms with Crippen molar-refractivity contribution < 1.29 is 9.94 Å². The van der Waals surface area contributed by atoms with Crippen molar-refractivity contribution in [1.29, 1.82) is 0 Å². The highest BCUT2D eigenvalue weighted by molar-refractivity contribution is 5.59. The van der Waals surface area contributed by atoms with Crippen LogP contribution in [-0.4, -0.2) is 12.1 Å². The van der Waals surface area contributed by atoms with Gasteiger partial charge in [0.1, 0.15) is 5.75 Å². The van der Waals surface area contributed by atoms with E-state index in [9.17, 15) is 5.21 Å². The van der Waals surface area contributed by atoms with E-state index in [1.165, 1.54) is 0 Å². The van der Waals surface area contributed by atoms with Gasteiger partial charge in [-0.3, -0.25) is 4.98 Å². The second-order valence-electron chi connectivity index (χ2n) is 3.20. The number of anilines is 2. The Bertz CT molecular complexity index is 442. The van der Waals surface area contributed by atoms with Gasteiger partial charge in [0.15, 0.2) is 0 Å². The summed E-state index contributed by atoms with van der Waals surface area (Å²) in [7, 11) is 1.59. The summed E-state index contributed by atoms with van der Waals surface area (Å²) >= 11 is 0. The maximum Gasteiger partial charge on any atom is 0.119 e. The smallest absolute Gasteiger partial charge is 0.119 e. The molecule has 1 aromatic heterocycles. The van der Waals surface area contributed by atoms with Crippen molar-refractivity contribution in [1.82, 2.24) is 4.98 Å². The lowest BCUT2D eigenvalue weighted by molar-refractivity contribution is 0.196. The molecule has 2 aromatic rings. The summed E-state index contributed by atoms with van der Waals surface area (Å²) in [6, 6.07) is 10.3. The first-order chi connectivity index (χ1) is 7.81. The molecular formula is C12H11N2O2. The number of benzene rings is 1. The standard InChI is InChI=1S/C12H11N2O2/c1-16-12-4-2-10(3-5-12)14(15)11-6-8-13-9-7-11/h2-9H,1H3. The summed E-state index contributed by atoms with van der Waals surface area (Å²) in [6.07, 6.45) is 3.17. The summed E-state index contributed by atoms with van der Waals surface area (Å²) in [5.41, 5.74) is 1.12. The zero-order chi connectivity index (χ0) is 11.4. The third-order valence-electron chi connectivity index (χ3n) is 2.20. The van der Waals surface area contributed by atoms with Gasteiger partial charge >= 0.3 is 0 Å². The van der Waals surface area contributed by atoms with E-state index in [1.54, 1.807) is 55.9 Å². The quantitative estimate of drug-likeness (QED) is 0.739. The van der Waals surface area contributed by atoms with Gasteiger partial charge in [0.2, 0.25) is 0 Å². The molecule has 0 aliphatic heterocycles. The van der Waals surface area contributed by atoms with E-state index in [4.69, 9.17) is 4.74 Å². The largest absolute Gasteiger partial charge is 0.497 e. The van der Waals surface area contributed by atoms with Crippen molar-refractivity contribution in [2.24, 2.45) is 0 Å². The monoisotopic (exact) mass is 215 g/mol. The van der Waals surface area contributed by atoms with Gasteiger partial charge in [-0.25, -0.2) is 0 Å². The van der Waals surface area contributed by atoms with Gasteiger partial charge in [0, 0.05) is 12.4 Å². The molecule has 1 radical (unpaired) electrons. The lowest BCUT2D eigenvalue weighted by Crippen LogP contribution is -2.07. The van der Waals surface area contributed by atoms with Crippen LogP contribution in [0.15, 0.2) is 48.8 Å². The van der Waals surface area contributed by atoms with Crippen LogP contribution < -0.4 is 9.80 Å². The number of pyridine rings is 1. The summed E-state index contributed by atoms with van der Waals surface area (Å²) in [5.74, 6) is 0.729. The van der Waals surface area contributed by atoms with E-state index in [2.05, 4.69) is 4.98 Å². The van der Waals surface area contributed by atoms with E-state index >= 15 is 0 Å². The summed E-state index contributed by atoms with van der Waals surface area (Å²) in [4.78, 5) is 3.86. The fourth-order valence-electron chi connectivity index (χ4n) is 1.35. The van der Waals surface area contributed by atoms with Crippen LogP contribution in [0.2, 0.25) is 0 Å². The van der Waals surface area contributed by atoms with Crippen LogP contribution >= 0.6 is 0 Å². The molecular weight excluding hydrogens is 204 g/mol. The topological polar surface area (TPSA) is 45.3 Å². The molecule has 0 bridgehead atoms. The Morgan fingerprint density at radius 1 is 1.00 bits per heavy atom. The summed E-state index contributed by atoms with van der Waals surface area (Å²) in [6.45, 7) is 0. The van der Waals surface area contributed by atoms with E-state index in [0.717, 1.165) is 10.8 Å². The first-order valence-electron chi connectivity index (χ1n) is 4.82. The molecule has 0 saturated heterocycles. The third kappa shape index (κ3) is 2.12. The van der Waals surface area contributed by atoms with E-state index in [0.29, 0.717) is 11.4 Å². The maximum atomic E-state index is 11.9. The van der Waals surface area contributed by atoms with E-state index < -0.39 is 0 Å². The van der Waals surface area contributed by atoms with Gasteiger partial charge in [0.25, 0.3) is 0 Å². The van der Waals surface area contributed by atoms with Crippen LogP contribution in [0.3, 0.4) is 0 Å².